The molecule has 5 heteroatoms. The Labute approximate surface area is 116 Å². The van der Waals surface area contributed by atoms with Crippen molar-refractivity contribution in [2.75, 3.05) is 5.75 Å². The van der Waals surface area contributed by atoms with Gasteiger partial charge in [-0.05, 0) is 23.8 Å². The molecule has 1 heterocycles. The summed E-state index contributed by atoms with van der Waals surface area (Å²) in [6.07, 6.45) is 3.57. The Hall–Kier alpha value is -1.07. The van der Waals surface area contributed by atoms with Crippen molar-refractivity contribution < 1.29 is 0 Å². The van der Waals surface area contributed by atoms with Gasteiger partial charge in [0, 0.05) is 23.0 Å². The molecule has 0 aliphatic carbocycles. The minimum absolute atomic E-state index is 0.0555. The van der Waals surface area contributed by atoms with Crippen molar-refractivity contribution in [2.45, 2.75) is 10.9 Å². The molecule has 1 aromatic heterocycles. The van der Waals surface area contributed by atoms with Crippen LogP contribution in [0.25, 0.3) is 0 Å². The lowest BCUT2D eigenvalue weighted by Gasteiger charge is -2.15. The number of hydrazine groups is 1. The molecule has 0 radical (unpaired) electrons. The van der Waals surface area contributed by atoms with Gasteiger partial charge in [-0.3, -0.25) is 16.3 Å². The summed E-state index contributed by atoms with van der Waals surface area (Å²) in [6, 6.07) is 11.8. The van der Waals surface area contributed by atoms with E-state index in [2.05, 4.69) is 10.4 Å². The van der Waals surface area contributed by atoms with Crippen LogP contribution in [0, 0.1) is 0 Å². The van der Waals surface area contributed by atoms with Crippen molar-refractivity contribution in [2.24, 2.45) is 5.84 Å². The number of hydrogen-bond donors (Lipinski definition) is 2. The Morgan fingerprint density at radius 2 is 2.11 bits per heavy atom. The summed E-state index contributed by atoms with van der Waals surface area (Å²) >= 11 is 7.78. The molecule has 0 amide bonds. The molecule has 18 heavy (non-hydrogen) atoms. The van der Waals surface area contributed by atoms with Crippen molar-refractivity contribution in [1.29, 1.82) is 0 Å². The molecule has 94 valence electrons. The van der Waals surface area contributed by atoms with E-state index >= 15 is 0 Å². The van der Waals surface area contributed by atoms with Gasteiger partial charge >= 0.3 is 0 Å². The zero-order valence-electron chi connectivity index (χ0n) is 9.71. The summed E-state index contributed by atoms with van der Waals surface area (Å²) in [5.74, 6) is 6.38. The second-order valence-corrected chi connectivity index (χ2v) is 5.22. The first-order valence-electron chi connectivity index (χ1n) is 5.54. The predicted octanol–water partition coefficient (Wildman–Crippen LogP) is 3.03. The number of nitrogens with one attached hydrogen (secondary N) is 1. The van der Waals surface area contributed by atoms with Crippen molar-refractivity contribution in [3.8, 4) is 0 Å². The molecule has 3 N–H and O–H groups in total. The summed E-state index contributed by atoms with van der Waals surface area (Å²) in [5, 5.41) is 0.768. The van der Waals surface area contributed by atoms with Gasteiger partial charge in [0.05, 0.1) is 11.1 Å². The first-order chi connectivity index (χ1) is 8.81. The van der Waals surface area contributed by atoms with E-state index < -0.39 is 0 Å². The van der Waals surface area contributed by atoms with Crippen LogP contribution < -0.4 is 11.3 Å². The number of pyridine rings is 1. The fraction of sp³-hybridized carbons (Fsp3) is 0.154. The molecule has 1 unspecified atom stereocenters. The molecule has 2 aromatic rings. The van der Waals surface area contributed by atoms with Crippen molar-refractivity contribution in [3.63, 3.8) is 0 Å². The zero-order chi connectivity index (χ0) is 12.8. The fourth-order valence-corrected chi connectivity index (χ4v) is 2.87. The van der Waals surface area contributed by atoms with Crippen molar-refractivity contribution in [1.82, 2.24) is 10.4 Å². The van der Waals surface area contributed by atoms with Crippen LogP contribution in [-0.2, 0) is 0 Å². The van der Waals surface area contributed by atoms with Gasteiger partial charge in [0.25, 0.3) is 0 Å². The lowest BCUT2D eigenvalue weighted by Crippen LogP contribution is -2.29. The van der Waals surface area contributed by atoms with Crippen LogP contribution in [0.1, 0.15) is 11.6 Å². The van der Waals surface area contributed by atoms with Crippen LogP contribution in [0.2, 0.25) is 5.02 Å². The molecule has 0 aliphatic heterocycles. The minimum Gasteiger partial charge on any atom is -0.271 e. The van der Waals surface area contributed by atoms with Gasteiger partial charge in [0.1, 0.15) is 0 Å². The topological polar surface area (TPSA) is 50.9 Å². The molecule has 1 aromatic carbocycles. The third kappa shape index (κ3) is 3.46. The highest BCUT2D eigenvalue weighted by molar-refractivity contribution is 7.99. The maximum absolute atomic E-state index is 6.11. The lowest BCUT2D eigenvalue weighted by molar-refractivity contribution is 0.608. The van der Waals surface area contributed by atoms with Gasteiger partial charge in [0.15, 0.2) is 0 Å². The summed E-state index contributed by atoms with van der Waals surface area (Å²) in [4.78, 5) is 5.15. The fourth-order valence-electron chi connectivity index (χ4n) is 1.56. The Kier molecular flexibility index (Phi) is 5.01. The maximum Gasteiger partial charge on any atom is 0.0569 e. The van der Waals surface area contributed by atoms with E-state index in [0.717, 1.165) is 21.2 Å². The van der Waals surface area contributed by atoms with E-state index in [1.807, 2.05) is 42.6 Å². The third-order valence-corrected chi connectivity index (χ3v) is 4.14. The average molecular weight is 280 g/mol. The number of halogens is 1. The molecule has 1 atom stereocenters. The number of nitrogens with zero attached hydrogens (tertiary/aromatic N) is 1. The number of nitrogens with two attached hydrogens (primary N) is 1. The Bertz CT molecular complexity index is 493. The van der Waals surface area contributed by atoms with E-state index in [1.165, 1.54) is 0 Å². The molecule has 2 rings (SSSR count). The second-order valence-electron chi connectivity index (χ2n) is 3.75. The van der Waals surface area contributed by atoms with Crippen LogP contribution in [0.15, 0.2) is 53.7 Å². The molecule has 0 fully saturated rings. The number of aromatic nitrogens is 1. The Morgan fingerprint density at radius 3 is 2.78 bits per heavy atom. The third-order valence-electron chi connectivity index (χ3n) is 2.53. The van der Waals surface area contributed by atoms with Crippen LogP contribution in [0.5, 0.6) is 0 Å². The minimum atomic E-state index is 0.0555. The van der Waals surface area contributed by atoms with Crippen LogP contribution in [-0.4, -0.2) is 10.7 Å². The summed E-state index contributed by atoms with van der Waals surface area (Å²) in [5.41, 5.74) is 3.87. The van der Waals surface area contributed by atoms with Gasteiger partial charge in [-0.1, -0.05) is 29.8 Å². The number of benzene rings is 1. The first-order valence-corrected chi connectivity index (χ1v) is 6.91. The molecular weight excluding hydrogens is 266 g/mol. The molecule has 0 aliphatic rings. The van der Waals surface area contributed by atoms with Gasteiger partial charge in [-0.25, -0.2) is 0 Å². The number of thioether (sulfide) groups is 1. The van der Waals surface area contributed by atoms with Gasteiger partial charge < -0.3 is 0 Å². The Balaban J connectivity index is 2.02. The molecular formula is C13H14ClN3S. The second kappa shape index (κ2) is 6.75. The maximum atomic E-state index is 6.11. The molecule has 0 bridgehead atoms. The Morgan fingerprint density at radius 1 is 1.28 bits per heavy atom. The highest BCUT2D eigenvalue weighted by Gasteiger charge is 2.11. The van der Waals surface area contributed by atoms with Gasteiger partial charge in [-0.15, -0.1) is 11.8 Å². The van der Waals surface area contributed by atoms with E-state index in [-0.39, 0.29) is 6.04 Å². The smallest absolute Gasteiger partial charge is 0.0569 e. The van der Waals surface area contributed by atoms with Gasteiger partial charge in [0.2, 0.25) is 0 Å². The van der Waals surface area contributed by atoms with E-state index in [4.69, 9.17) is 17.4 Å². The summed E-state index contributed by atoms with van der Waals surface area (Å²) in [6.45, 7) is 0. The van der Waals surface area contributed by atoms with Crippen LogP contribution in [0.3, 0.4) is 0 Å². The highest BCUT2D eigenvalue weighted by Crippen LogP contribution is 2.29. The zero-order valence-corrected chi connectivity index (χ0v) is 11.3. The number of rotatable bonds is 5. The summed E-state index contributed by atoms with van der Waals surface area (Å²) in [7, 11) is 0. The highest BCUT2D eigenvalue weighted by atomic mass is 35.5. The van der Waals surface area contributed by atoms with E-state index in [9.17, 15) is 0 Å². The standard InChI is InChI=1S/C13H14ClN3S/c14-11-5-1-2-6-13(11)18-9-12(17-15)10-4-3-7-16-8-10/h1-8,12,17H,9,15H2. The van der Waals surface area contributed by atoms with Crippen LogP contribution in [0.4, 0.5) is 0 Å². The number of hydrogen-bond acceptors (Lipinski definition) is 4. The average Bonchev–Trinajstić information content (AvgIpc) is 2.42. The van der Waals surface area contributed by atoms with Crippen molar-refractivity contribution in [3.05, 3.63) is 59.4 Å². The summed E-state index contributed by atoms with van der Waals surface area (Å²) < 4.78 is 0. The first kappa shape index (κ1) is 13.4. The predicted molar refractivity (Wildman–Crippen MR) is 76.5 cm³/mol. The van der Waals surface area contributed by atoms with E-state index in [1.54, 1.807) is 18.0 Å². The quantitative estimate of drug-likeness (QED) is 0.502. The lowest BCUT2D eigenvalue weighted by atomic mass is 10.1. The van der Waals surface area contributed by atoms with Crippen LogP contribution >= 0.6 is 23.4 Å². The largest absolute Gasteiger partial charge is 0.271 e. The van der Waals surface area contributed by atoms with Crippen molar-refractivity contribution >= 4 is 23.4 Å². The monoisotopic (exact) mass is 279 g/mol. The molecule has 0 spiro atoms. The normalized spacial score (nSPS) is 12.3. The molecule has 0 saturated heterocycles. The van der Waals surface area contributed by atoms with E-state index in [0.29, 0.717) is 0 Å². The molecule has 3 nitrogen and oxygen atoms in total. The van der Waals surface area contributed by atoms with Gasteiger partial charge in [-0.2, -0.15) is 0 Å². The molecule has 0 saturated carbocycles. The SMILES string of the molecule is NNC(CSc1ccccc1Cl)c1cccnc1.